The minimum atomic E-state index is -0.262. The predicted molar refractivity (Wildman–Crippen MR) is 269 cm³/mol. The first-order valence-corrected chi connectivity index (χ1v) is 22.5. The Kier molecular flexibility index (Phi) is 7.74. The van der Waals surface area contributed by atoms with Gasteiger partial charge in [0, 0.05) is 27.5 Å². The second-order valence-electron chi connectivity index (χ2n) is 18.9. The van der Waals surface area contributed by atoms with E-state index in [1.165, 1.54) is 98.7 Å². The van der Waals surface area contributed by atoms with Gasteiger partial charge in [-0.25, -0.2) is 9.97 Å². The van der Waals surface area contributed by atoms with Crippen LogP contribution >= 0.6 is 0 Å². The van der Waals surface area contributed by atoms with Gasteiger partial charge in [-0.1, -0.05) is 198 Å². The Morgan fingerprint density at radius 2 is 0.891 bits per heavy atom. The maximum absolute atomic E-state index is 5.42. The molecule has 0 amide bonds. The first kappa shape index (κ1) is 36.9. The van der Waals surface area contributed by atoms with Gasteiger partial charge in [0.2, 0.25) is 0 Å². The molecule has 0 N–H and O–H groups in total. The second-order valence-corrected chi connectivity index (χ2v) is 18.9. The second kappa shape index (κ2) is 13.4. The van der Waals surface area contributed by atoms with Crippen molar-refractivity contribution in [3.05, 3.63) is 216 Å². The van der Waals surface area contributed by atoms with Crippen LogP contribution in [0.5, 0.6) is 0 Å². The van der Waals surface area contributed by atoms with Gasteiger partial charge in [-0.2, -0.15) is 0 Å². The zero-order valence-corrected chi connectivity index (χ0v) is 36.4. The van der Waals surface area contributed by atoms with Gasteiger partial charge in [0.15, 0.2) is 5.82 Å². The van der Waals surface area contributed by atoms with Crippen LogP contribution in [0.15, 0.2) is 194 Å². The lowest BCUT2D eigenvalue weighted by molar-refractivity contribution is 0.661. The number of hydrogen-bond donors (Lipinski definition) is 0. The molecule has 0 saturated heterocycles. The molecular formula is C62H44N2. The molecule has 13 rings (SSSR count). The van der Waals surface area contributed by atoms with Crippen LogP contribution < -0.4 is 0 Å². The van der Waals surface area contributed by atoms with E-state index in [-0.39, 0.29) is 10.8 Å². The van der Waals surface area contributed by atoms with Crippen molar-refractivity contribution in [1.82, 2.24) is 9.97 Å². The standard InChI is InChI=1S/C62H44N2/c1-61(2)51-28-16-27-42(56(51)50-33-40-19-8-9-20-41(40)34-52(50)61)37-29-31-38(32-30-37)54-36-55(64-60(63-54)39-17-6-5-7-18-39)49-35-53-57(46-24-13-11-23-45(46)49)58-47-25-14-10-21-43(47)44-22-12-15-26-48(44)59(58)62(53,3)4/h5-36H,1-4H3. The van der Waals surface area contributed by atoms with Crippen LogP contribution in [0, 0.1) is 0 Å². The number of aromatic nitrogens is 2. The molecule has 1 heterocycles. The average Bonchev–Trinajstić information content (AvgIpc) is 3.72. The maximum atomic E-state index is 5.42. The number of benzene rings is 10. The van der Waals surface area contributed by atoms with Crippen LogP contribution in [-0.4, -0.2) is 9.97 Å². The monoisotopic (exact) mass is 816 g/mol. The average molecular weight is 817 g/mol. The Bertz CT molecular complexity index is 3760. The van der Waals surface area contributed by atoms with Crippen LogP contribution in [-0.2, 0) is 10.8 Å². The van der Waals surface area contributed by atoms with Crippen LogP contribution in [0.4, 0.5) is 0 Å². The van der Waals surface area contributed by atoms with Crippen LogP contribution in [0.2, 0.25) is 0 Å². The Labute approximate surface area is 373 Å². The molecule has 0 radical (unpaired) electrons. The van der Waals surface area contributed by atoms with Crippen molar-refractivity contribution >= 4 is 43.1 Å². The molecule has 302 valence electrons. The fourth-order valence-corrected chi connectivity index (χ4v) is 11.5. The molecule has 11 aromatic rings. The number of hydrogen-bond acceptors (Lipinski definition) is 2. The summed E-state index contributed by atoms with van der Waals surface area (Å²) >= 11 is 0. The molecule has 0 aliphatic heterocycles. The third kappa shape index (κ3) is 5.20. The Morgan fingerprint density at radius 1 is 0.312 bits per heavy atom. The third-order valence-corrected chi connectivity index (χ3v) is 14.6. The zero-order chi connectivity index (χ0) is 42.9. The molecule has 0 bridgehead atoms. The molecule has 0 atom stereocenters. The summed E-state index contributed by atoms with van der Waals surface area (Å²) in [6, 6.07) is 71.3. The van der Waals surface area contributed by atoms with E-state index in [9.17, 15) is 0 Å². The largest absolute Gasteiger partial charge is 0.228 e. The van der Waals surface area contributed by atoms with Crippen molar-refractivity contribution in [3.8, 4) is 67.3 Å². The summed E-state index contributed by atoms with van der Waals surface area (Å²) in [5, 5.41) is 10.2. The van der Waals surface area contributed by atoms with Crippen molar-refractivity contribution < 1.29 is 0 Å². The Balaban J connectivity index is 0.990. The Morgan fingerprint density at radius 3 is 1.62 bits per heavy atom. The fourth-order valence-electron chi connectivity index (χ4n) is 11.5. The van der Waals surface area contributed by atoms with E-state index in [0.29, 0.717) is 5.82 Å². The SMILES string of the molecule is CC1(C)c2cc3ccccc3cc2-c2c(-c3ccc(-c4cc(-c5cc6c(c7ccccc57)-c5c(c7ccccc7c7ccccc57)C6(C)C)nc(-c5ccccc5)n4)cc3)cccc21. The number of fused-ring (bicyclic) bond motifs is 14. The summed E-state index contributed by atoms with van der Waals surface area (Å²) in [5.41, 5.74) is 17.9. The summed E-state index contributed by atoms with van der Waals surface area (Å²) in [6.45, 7) is 9.54. The third-order valence-electron chi connectivity index (χ3n) is 14.6. The number of rotatable bonds is 4. The highest BCUT2D eigenvalue weighted by molar-refractivity contribution is 6.22. The van der Waals surface area contributed by atoms with E-state index >= 15 is 0 Å². The lowest BCUT2D eigenvalue weighted by Crippen LogP contribution is -2.16. The quantitative estimate of drug-likeness (QED) is 0.165. The zero-order valence-electron chi connectivity index (χ0n) is 36.4. The molecule has 0 fully saturated rings. The van der Waals surface area contributed by atoms with Gasteiger partial charge in [-0.15, -0.1) is 0 Å². The molecule has 1 aromatic heterocycles. The smallest absolute Gasteiger partial charge is 0.160 e. The molecule has 2 aliphatic carbocycles. The first-order valence-electron chi connectivity index (χ1n) is 22.5. The molecule has 2 nitrogen and oxygen atoms in total. The van der Waals surface area contributed by atoms with E-state index in [1.54, 1.807) is 0 Å². The number of nitrogens with zero attached hydrogens (tertiary/aromatic N) is 2. The molecule has 2 aliphatic rings. The van der Waals surface area contributed by atoms with Gasteiger partial charge in [0.05, 0.1) is 11.4 Å². The van der Waals surface area contributed by atoms with Crippen molar-refractivity contribution in [3.63, 3.8) is 0 Å². The molecule has 64 heavy (non-hydrogen) atoms. The van der Waals surface area contributed by atoms with Crippen molar-refractivity contribution in [2.24, 2.45) is 0 Å². The van der Waals surface area contributed by atoms with Gasteiger partial charge in [-0.3, -0.25) is 0 Å². The summed E-state index contributed by atoms with van der Waals surface area (Å²) < 4.78 is 0. The molecular weight excluding hydrogens is 773 g/mol. The minimum absolute atomic E-state index is 0.100. The maximum Gasteiger partial charge on any atom is 0.160 e. The molecule has 0 spiro atoms. The normalized spacial score (nSPS) is 14.2. The Hall–Kier alpha value is -7.68. The van der Waals surface area contributed by atoms with Gasteiger partial charge in [0.25, 0.3) is 0 Å². The van der Waals surface area contributed by atoms with E-state index in [4.69, 9.17) is 9.97 Å². The highest BCUT2D eigenvalue weighted by Gasteiger charge is 2.41. The molecule has 2 heteroatoms. The summed E-state index contributed by atoms with van der Waals surface area (Å²) in [6.07, 6.45) is 0. The first-order chi connectivity index (χ1) is 31.3. The lowest BCUT2D eigenvalue weighted by Gasteiger charge is -2.24. The van der Waals surface area contributed by atoms with Crippen molar-refractivity contribution in [1.29, 1.82) is 0 Å². The van der Waals surface area contributed by atoms with E-state index in [0.717, 1.165) is 28.1 Å². The summed E-state index contributed by atoms with van der Waals surface area (Å²) in [7, 11) is 0. The van der Waals surface area contributed by atoms with Gasteiger partial charge in [-0.05, 0) is 123 Å². The van der Waals surface area contributed by atoms with Crippen LogP contribution in [0.3, 0.4) is 0 Å². The molecule has 0 unspecified atom stereocenters. The predicted octanol–water partition coefficient (Wildman–Crippen LogP) is 16.4. The van der Waals surface area contributed by atoms with Crippen LogP contribution in [0.1, 0.15) is 49.9 Å². The highest BCUT2D eigenvalue weighted by Crippen LogP contribution is 2.58. The summed E-state index contributed by atoms with van der Waals surface area (Å²) in [4.78, 5) is 10.7. The van der Waals surface area contributed by atoms with Gasteiger partial charge >= 0.3 is 0 Å². The molecule has 10 aromatic carbocycles. The van der Waals surface area contributed by atoms with E-state index < -0.39 is 0 Å². The van der Waals surface area contributed by atoms with E-state index in [1.807, 2.05) is 0 Å². The van der Waals surface area contributed by atoms with E-state index in [2.05, 4.69) is 222 Å². The van der Waals surface area contributed by atoms with Gasteiger partial charge < -0.3 is 0 Å². The highest BCUT2D eigenvalue weighted by atomic mass is 14.9. The minimum Gasteiger partial charge on any atom is -0.228 e. The van der Waals surface area contributed by atoms with Crippen LogP contribution in [0.25, 0.3) is 110 Å². The lowest BCUT2D eigenvalue weighted by atomic mass is 9.78. The van der Waals surface area contributed by atoms with Crippen molar-refractivity contribution in [2.75, 3.05) is 0 Å². The molecule has 0 saturated carbocycles. The topological polar surface area (TPSA) is 25.8 Å². The summed E-state index contributed by atoms with van der Waals surface area (Å²) in [5.74, 6) is 0.716. The van der Waals surface area contributed by atoms with Crippen molar-refractivity contribution in [2.45, 2.75) is 38.5 Å². The van der Waals surface area contributed by atoms with Gasteiger partial charge in [0.1, 0.15) is 0 Å². The fraction of sp³-hybridized carbons (Fsp3) is 0.0968.